The fourth-order valence-corrected chi connectivity index (χ4v) is 3.22. The van der Waals surface area contributed by atoms with Gasteiger partial charge in [0.25, 0.3) is 0 Å². The van der Waals surface area contributed by atoms with Crippen LogP contribution in [0, 0.1) is 5.41 Å². The third kappa shape index (κ3) is 4.18. The zero-order chi connectivity index (χ0) is 20.6. The Kier molecular flexibility index (Phi) is 5.14. The highest BCUT2D eigenvalue weighted by Gasteiger charge is 2.23. The molecule has 1 amide bonds. The number of nitrogens with one attached hydrogen (secondary N) is 2. The maximum absolute atomic E-state index is 12.2. The highest BCUT2D eigenvalue weighted by atomic mass is 35.5. The Morgan fingerprint density at radius 2 is 2.00 bits per heavy atom. The number of hydrogen-bond donors (Lipinski definition) is 2. The summed E-state index contributed by atoms with van der Waals surface area (Å²) in [6.07, 6.45) is 1.82. The van der Waals surface area contributed by atoms with Crippen LogP contribution in [0.4, 0.5) is 11.8 Å². The van der Waals surface area contributed by atoms with Crippen LogP contribution >= 0.6 is 11.6 Å². The van der Waals surface area contributed by atoms with Crippen molar-refractivity contribution in [1.29, 1.82) is 0 Å². The molecule has 0 bridgehead atoms. The number of morpholine rings is 1. The van der Waals surface area contributed by atoms with Crippen molar-refractivity contribution in [3.05, 3.63) is 29.5 Å². The molecular formula is C20H23ClN6O2. The quantitative estimate of drug-likeness (QED) is 0.637. The third-order valence-electron chi connectivity index (χ3n) is 4.74. The predicted octanol–water partition coefficient (Wildman–Crippen LogP) is 3.49. The standard InChI is InChI=1S/C20H23ClN6O2/c1-20(2,3)18(28)26-19-24-16(21)13-10-14(23-17(13)25-19)12-4-5-15(22-11-12)27-6-8-29-9-7-27/h4-5,10-11H,6-9H2,1-3H3,(H2,23,24,25,26,28). The molecule has 0 atom stereocenters. The molecule has 2 N–H and O–H groups in total. The Hall–Kier alpha value is -2.71. The number of ether oxygens (including phenoxy) is 1. The van der Waals surface area contributed by atoms with Crippen molar-refractivity contribution < 1.29 is 9.53 Å². The number of aromatic nitrogens is 4. The van der Waals surface area contributed by atoms with Crippen molar-refractivity contribution in [1.82, 2.24) is 19.9 Å². The summed E-state index contributed by atoms with van der Waals surface area (Å²) in [7, 11) is 0. The Balaban J connectivity index is 1.60. The summed E-state index contributed by atoms with van der Waals surface area (Å²) < 4.78 is 5.39. The van der Waals surface area contributed by atoms with Crippen molar-refractivity contribution in [3.8, 4) is 11.3 Å². The number of aromatic amines is 1. The molecule has 8 nitrogen and oxygen atoms in total. The molecule has 1 aliphatic heterocycles. The van der Waals surface area contributed by atoms with Gasteiger partial charge in [0.2, 0.25) is 11.9 Å². The molecule has 9 heteroatoms. The first-order valence-corrected chi connectivity index (χ1v) is 9.86. The number of anilines is 2. The predicted molar refractivity (Wildman–Crippen MR) is 113 cm³/mol. The van der Waals surface area contributed by atoms with E-state index in [-0.39, 0.29) is 17.0 Å². The molecule has 4 heterocycles. The minimum Gasteiger partial charge on any atom is -0.378 e. The second-order valence-corrected chi connectivity index (χ2v) is 8.35. The second kappa shape index (κ2) is 7.61. The third-order valence-corrected chi connectivity index (χ3v) is 5.03. The zero-order valence-corrected chi connectivity index (χ0v) is 17.4. The number of rotatable bonds is 3. The van der Waals surface area contributed by atoms with Crippen LogP contribution in [-0.2, 0) is 9.53 Å². The monoisotopic (exact) mass is 414 g/mol. The van der Waals surface area contributed by atoms with Gasteiger partial charge in [-0.25, -0.2) is 4.98 Å². The van der Waals surface area contributed by atoms with Gasteiger partial charge in [0.1, 0.15) is 16.6 Å². The average Bonchev–Trinajstić information content (AvgIpc) is 3.13. The minimum absolute atomic E-state index is 0.177. The Bertz CT molecular complexity index is 1040. The molecule has 3 aromatic rings. The van der Waals surface area contributed by atoms with E-state index >= 15 is 0 Å². The number of nitrogens with zero attached hydrogens (tertiary/aromatic N) is 4. The first-order chi connectivity index (χ1) is 13.8. The highest BCUT2D eigenvalue weighted by molar-refractivity contribution is 6.34. The fraction of sp³-hybridized carbons (Fsp3) is 0.400. The van der Waals surface area contributed by atoms with E-state index in [2.05, 4.69) is 30.2 Å². The largest absolute Gasteiger partial charge is 0.378 e. The summed E-state index contributed by atoms with van der Waals surface area (Å²) >= 11 is 6.33. The first kappa shape index (κ1) is 19.6. The van der Waals surface area contributed by atoms with E-state index < -0.39 is 5.41 Å². The van der Waals surface area contributed by atoms with Crippen molar-refractivity contribution in [2.24, 2.45) is 5.41 Å². The van der Waals surface area contributed by atoms with Gasteiger partial charge in [0.15, 0.2) is 0 Å². The highest BCUT2D eigenvalue weighted by Crippen LogP contribution is 2.29. The minimum atomic E-state index is -0.556. The van der Waals surface area contributed by atoms with Crippen molar-refractivity contribution >= 4 is 40.3 Å². The number of carbonyl (C=O) groups excluding carboxylic acids is 1. The lowest BCUT2D eigenvalue weighted by Gasteiger charge is -2.27. The van der Waals surface area contributed by atoms with Crippen LogP contribution in [0.2, 0.25) is 5.15 Å². The van der Waals surface area contributed by atoms with Gasteiger partial charge in [-0.15, -0.1) is 0 Å². The number of carbonyl (C=O) groups is 1. The molecule has 1 fully saturated rings. The van der Waals surface area contributed by atoms with E-state index in [1.165, 1.54) is 0 Å². The van der Waals surface area contributed by atoms with Crippen LogP contribution in [0.3, 0.4) is 0 Å². The van der Waals surface area contributed by atoms with Gasteiger partial charge in [0, 0.05) is 36.0 Å². The Morgan fingerprint density at radius 3 is 2.66 bits per heavy atom. The van der Waals surface area contributed by atoms with Gasteiger partial charge in [-0.05, 0) is 18.2 Å². The van der Waals surface area contributed by atoms with E-state index in [9.17, 15) is 4.79 Å². The number of hydrogen-bond acceptors (Lipinski definition) is 6. The van der Waals surface area contributed by atoms with Gasteiger partial charge in [0.05, 0.1) is 18.6 Å². The summed E-state index contributed by atoms with van der Waals surface area (Å²) in [6.45, 7) is 8.59. The van der Waals surface area contributed by atoms with E-state index in [0.29, 0.717) is 11.0 Å². The summed E-state index contributed by atoms with van der Waals surface area (Å²) in [5.41, 5.74) is 1.74. The van der Waals surface area contributed by atoms with E-state index in [1.807, 2.05) is 45.2 Å². The van der Waals surface area contributed by atoms with Gasteiger partial charge < -0.3 is 14.6 Å². The van der Waals surface area contributed by atoms with Crippen LogP contribution in [0.5, 0.6) is 0 Å². The van der Waals surface area contributed by atoms with Gasteiger partial charge in [-0.3, -0.25) is 10.1 Å². The number of pyridine rings is 1. The van der Waals surface area contributed by atoms with E-state index in [4.69, 9.17) is 16.3 Å². The van der Waals surface area contributed by atoms with Gasteiger partial charge in [-0.2, -0.15) is 9.97 Å². The molecule has 1 saturated heterocycles. The molecule has 0 spiro atoms. The molecule has 1 aliphatic rings. The van der Waals surface area contributed by atoms with Crippen LogP contribution < -0.4 is 10.2 Å². The maximum Gasteiger partial charge on any atom is 0.232 e. The molecule has 4 rings (SSSR count). The molecule has 0 aliphatic carbocycles. The molecule has 0 unspecified atom stereocenters. The number of fused-ring (bicyclic) bond motifs is 1. The summed E-state index contributed by atoms with van der Waals surface area (Å²) in [6, 6.07) is 5.89. The van der Waals surface area contributed by atoms with Crippen molar-refractivity contribution in [2.75, 3.05) is 36.5 Å². The Morgan fingerprint density at radius 1 is 1.24 bits per heavy atom. The fourth-order valence-electron chi connectivity index (χ4n) is 3.00. The maximum atomic E-state index is 12.2. The lowest BCUT2D eigenvalue weighted by atomic mass is 9.96. The summed E-state index contributed by atoms with van der Waals surface area (Å²) in [5.74, 6) is 0.928. The molecule has 0 aromatic carbocycles. The number of H-pyrrole nitrogens is 1. The molecular weight excluding hydrogens is 392 g/mol. The van der Waals surface area contributed by atoms with E-state index in [0.717, 1.165) is 43.4 Å². The van der Waals surface area contributed by atoms with Crippen LogP contribution in [0.15, 0.2) is 24.4 Å². The van der Waals surface area contributed by atoms with Crippen molar-refractivity contribution in [2.45, 2.75) is 20.8 Å². The SMILES string of the molecule is CC(C)(C)C(=O)Nc1nc(Cl)c2cc(-c3ccc(N4CCOCC4)nc3)[nH]c2n1. The van der Waals surface area contributed by atoms with Crippen LogP contribution in [0.25, 0.3) is 22.3 Å². The lowest BCUT2D eigenvalue weighted by Crippen LogP contribution is -2.36. The van der Waals surface area contributed by atoms with Gasteiger partial charge >= 0.3 is 0 Å². The van der Waals surface area contributed by atoms with Crippen LogP contribution in [-0.4, -0.2) is 52.1 Å². The molecule has 0 radical (unpaired) electrons. The number of amides is 1. The van der Waals surface area contributed by atoms with Crippen molar-refractivity contribution in [3.63, 3.8) is 0 Å². The zero-order valence-electron chi connectivity index (χ0n) is 16.6. The second-order valence-electron chi connectivity index (χ2n) is 7.99. The molecule has 29 heavy (non-hydrogen) atoms. The molecule has 0 saturated carbocycles. The van der Waals surface area contributed by atoms with E-state index in [1.54, 1.807) is 0 Å². The van der Waals surface area contributed by atoms with Crippen LogP contribution in [0.1, 0.15) is 20.8 Å². The number of halogens is 1. The lowest BCUT2D eigenvalue weighted by molar-refractivity contribution is -0.123. The average molecular weight is 415 g/mol. The van der Waals surface area contributed by atoms with Gasteiger partial charge in [-0.1, -0.05) is 32.4 Å². The Labute approximate surface area is 173 Å². The summed E-state index contributed by atoms with van der Waals surface area (Å²) in [5, 5.41) is 3.68. The first-order valence-electron chi connectivity index (χ1n) is 9.48. The smallest absolute Gasteiger partial charge is 0.232 e. The normalized spacial score (nSPS) is 15.0. The summed E-state index contributed by atoms with van der Waals surface area (Å²) in [4.78, 5) is 30.8. The topological polar surface area (TPSA) is 96.0 Å². The molecule has 3 aromatic heterocycles. The molecule has 152 valence electrons.